The Morgan fingerprint density at radius 3 is 2.55 bits per heavy atom. The van der Waals surface area contributed by atoms with Crippen LogP contribution in [0.5, 0.6) is 0 Å². The average molecular weight is 422 g/mol. The Balaban J connectivity index is 1.94. The van der Waals surface area contributed by atoms with E-state index in [-0.39, 0.29) is 12.6 Å². The number of carbonyl (C=O) groups excluding carboxylic acids is 3. The predicted octanol–water partition coefficient (Wildman–Crippen LogP) is 2.15. The van der Waals surface area contributed by atoms with E-state index in [1.54, 1.807) is 24.7 Å². The third-order valence-electron chi connectivity index (χ3n) is 4.33. The summed E-state index contributed by atoms with van der Waals surface area (Å²) in [4.78, 5) is 42.8. The van der Waals surface area contributed by atoms with Crippen LogP contribution in [0.2, 0.25) is 0 Å². The van der Waals surface area contributed by atoms with E-state index in [9.17, 15) is 14.4 Å². The summed E-state index contributed by atoms with van der Waals surface area (Å²) >= 11 is 0. The Labute approximate surface area is 178 Å². The molecule has 0 saturated heterocycles. The molecule has 0 bridgehead atoms. The quantitative estimate of drug-likeness (QED) is 0.458. The molecular formula is C21H22N6O4. The van der Waals surface area contributed by atoms with Crippen LogP contribution in [0, 0.1) is 0 Å². The number of benzene rings is 1. The zero-order valence-electron chi connectivity index (χ0n) is 16.8. The molecule has 0 aliphatic heterocycles. The fraction of sp³-hybridized carbons (Fsp3) is 0.190. The number of nitrogens with two attached hydrogens (primary N) is 1. The molecule has 0 radical (unpaired) electrons. The first-order valence-corrected chi connectivity index (χ1v) is 9.53. The highest BCUT2D eigenvalue weighted by Gasteiger charge is 2.12. The molecule has 10 heteroatoms. The lowest BCUT2D eigenvalue weighted by atomic mass is 9.96. The number of pyridine rings is 2. The minimum atomic E-state index is -0.757. The van der Waals surface area contributed by atoms with Crippen molar-refractivity contribution in [1.29, 1.82) is 0 Å². The highest BCUT2D eigenvalue weighted by Crippen LogP contribution is 2.31. The van der Waals surface area contributed by atoms with E-state index in [2.05, 4.69) is 25.9 Å². The van der Waals surface area contributed by atoms with Gasteiger partial charge in [-0.25, -0.2) is 14.6 Å². The van der Waals surface area contributed by atoms with Gasteiger partial charge in [0.1, 0.15) is 5.82 Å². The number of nitrogens with zero attached hydrogens (tertiary/aromatic N) is 2. The molecule has 10 nitrogen and oxygen atoms in total. The third-order valence-corrected chi connectivity index (χ3v) is 4.33. The van der Waals surface area contributed by atoms with Gasteiger partial charge >= 0.3 is 12.1 Å². The first kappa shape index (κ1) is 21.5. The van der Waals surface area contributed by atoms with Crippen LogP contribution in [-0.2, 0) is 16.1 Å². The molecule has 0 aliphatic rings. The number of aromatic nitrogens is 2. The normalized spacial score (nSPS) is 10.4. The minimum absolute atomic E-state index is 0.148. The maximum atomic E-state index is 11.9. The summed E-state index contributed by atoms with van der Waals surface area (Å²) in [6, 6.07) is 8.96. The molecule has 1 aromatic carbocycles. The van der Waals surface area contributed by atoms with Gasteiger partial charge in [0.25, 0.3) is 5.91 Å². The van der Waals surface area contributed by atoms with Crippen LogP contribution in [0.4, 0.5) is 15.4 Å². The lowest BCUT2D eigenvalue weighted by Gasteiger charge is -2.14. The van der Waals surface area contributed by atoms with Gasteiger partial charge < -0.3 is 21.1 Å². The van der Waals surface area contributed by atoms with Gasteiger partial charge in [0.2, 0.25) is 0 Å². The van der Waals surface area contributed by atoms with Gasteiger partial charge in [-0.3, -0.25) is 15.1 Å². The number of primary amides is 1. The second kappa shape index (κ2) is 10.0. The van der Waals surface area contributed by atoms with Crippen LogP contribution in [0.15, 0.2) is 48.9 Å². The standard InChI is InChI=1S/C21H22N6O4/c1-2-24-20(29)27-19-9-16-15(13-5-7-23-8-6-13)4-3-14(17(16)11-25-19)10-26-21(30)31-12-18(22)28/h3-9,11H,2,10,12H2,1H3,(H2,22,28)(H,26,30)(H2,24,25,27,29). The van der Waals surface area contributed by atoms with E-state index < -0.39 is 18.6 Å². The van der Waals surface area contributed by atoms with Crippen LogP contribution >= 0.6 is 0 Å². The minimum Gasteiger partial charge on any atom is -0.439 e. The number of alkyl carbamates (subject to hydrolysis) is 1. The van der Waals surface area contributed by atoms with E-state index in [0.717, 1.165) is 27.5 Å². The Morgan fingerprint density at radius 2 is 1.84 bits per heavy atom. The molecule has 5 N–H and O–H groups in total. The van der Waals surface area contributed by atoms with Gasteiger partial charge in [-0.2, -0.15) is 0 Å². The molecule has 0 aliphatic carbocycles. The maximum absolute atomic E-state index is 11.9. The summed E-state index contributed by atoms with van der Waals surface area (Å²) in [7, 11) is 0. The summed E-state index contributed by atoms with van der Waals surface area (Å²) in [5, 5.41) is 9.56. The number of ether oxygens (including phenoxy) is 1. The summed E-state index contributed by atoms with van der Waals surface area (Å²) in [5.74, 6) is -0.349. The second-order valence-electron chi connectivity index (χ2n) is 6.50. The number of hydrogen-bond donors (Lipinski definition) is 4. The Morgan fingerprint density at radius 1 is 1.06 bits per heavy atom. The van der Waals surface area contributed by atoms with E-state index in [4.69, 9.17) is 10.5 Å². The van der Waals surface area contributed by atoms with Gasteiger partial charge in [0, 0.05) is 37.1 Å². The first-order valence-electron chi connectivity index (χ1n) is 9.53. The largest absolute Gasteiger partial charge is 0.439 e. The first-order chi connectivity index (χ1) is 15.0. The molecule has 0 spiro atoms. The molecule has 0 atom stereocenters. The van der Waals surface area contributed by atoms with Crippen molar-refractivity contribution in [2.24, 2.45) is 5.73 Å². The number of anilines is 1. The number of hydrogen-bond acceptors (Lipinski definition) is 6. The molecule has 0 fully saturated rings. The highest BCUT2D eigenvalue weighted by atomic mass is 16.6. The number of amides is 4. The highest BCUT2D eigenvalue weighted by molar-refractivity contribution is 6.00. The third kappa shape index (κ3) is 5.66. The molecule has 4 amide bonds. The van der Waals surface area contributed by atoms with E-state index in [0.29, 0.717) is 12.4 Å². The zero-order chi connectivity index (χ0) is 22.2. The van der Waals surface area contributed by atoms with Crippen LogP contribution in [0.1, 0.15) is 12.5 Å². The lowest BCUT2D eigenvalue weighted by Crippen LogP contribution is -2.28. The molecule has 2 heterocycles. The molecule has 160 valence electrons. The summed E-state index contributed by atoms with van der Waals surface area (Å²) in [6.45, 7) is 1.96. The van der Waals surface area contributed by atoms with Crippen molar-refractivity contribution in [3.05, 3.63) is 54.5 Å². The van der Waals surface area contributed by atoms with Crippen LogP contribution in [0.25, 0.3) is 21.9 Å². The number of rotatable bonds is 7. The summed E-state index contributed by atoms with van der Waals surface area (Å²) < 4.78 is 4.71. The Kier molecular flexibility index (Phi) is 6.94. The van der Waals surface area contributed by atoms with Crippen molar-refractivity contribution in [1.82, 2.24) is 20.6 Å². The summed E-state index contributed by atoms with van der Waals surface area (Å²) in [5.41, 5.74) is 7.61. The van der Waals surface area contributed by atoms with Gasteiger partial charge in [0.05, 0.1) is 0 Å². The fourth-order valence-electron chi connectivity index (χ4n) is 2.98. The molecular weight excluding hydrogens is 400 g/mol. The second-order valence-corrected chi connectivity index (χ2v) is 6.50. The number of fused-ring (bicyclic) bond motifs is 1. The molecule has 3 aromatic rings. The van der Waals surface area contributed by atoms with Crippen LogP contribution in [-0.4, -0.2) is 41.2 Å². The average Bonchev–Trinajstić information content (AvgIpc) is 2.76. The Bertz CT molecular complexity index is 1100. The fourth-order valence-corrected chi connectivity index (χ4v) is 2.98. The molecule has 31 heavy (non-hydrogen) atoms. The van der Waals surface area contributed by atoms with Crippen LogP contribution in [0.3, 0.4) is 0 Å². The molecule has 0 saturated carbocycles. The molecule has 2 aromatic heterocycles. The predicted molar refractivity (Wildman–Crippen MR) is 115 cm³/mol. The number of nitrogens with one attached hydrogen (secondary N) is 3. The van der Waals surface area contributed by atoms with Crippen LogP contribution < -0.4 is 21.7 Å². The van der Waals surface area contributed by atoms with E-state index >= 15 is 0 Å². The van der Waals surface area contributed by atoms with Crippen molar-refractivity contribution in [2.45, 2.75) is 13.5 Å². The van der Waals surface area contributed by atoms with Gasteiger partial charge in [-0.15, -0.1) is 0 Å². The monoisotopic (exact) mass is 422 g/mol. The lowest BCUT2D eigenvalue weighted by molar-refractivity contribution is -0.120. The topological polar surface area (TPSA) is 148 Å². The van der Waals surface area contributed by atoms with E-state index in [1.807, 2.05) is 31.2 Å². The van der Waals surface area contributed by atoms with Crippen molar-refractivity contribution in [3.8, 4) is 11.1 Å². The van der Waals surface area contributed by atoms with Crippen molar-refractivity contribution >= 4 is 34.6 Å². The van der Waals surface area contributed by atoms with Gasteiger partial charge in [-0.05, 0) is 47.2 Å². The Hall–Kier alpha value is -4.21. The summed E-state index contributed by atoms with van der Waals surface area (Å²) in [6.07, 6.45) is 4.27. The van der Waals surface area contributed by atoms with Crippen molar-refractivity contribution in [2.75, 3.05) is 18.5 Å². The van der Waals surface area contributed by atoms with Gasteiger partial charge in [-0.1, -0.05) is 12.1 Å². The van der Waals surface area contributed by atoms with Crippen molar-refractivity contribution in [3.63, 3.8) is 0 Å². The molecule has 0 unspecified atom stereocenters. The maximum Gasteiger partial charge on any atom is 0.407 e. The number of urea groups is 1. The number of carbonyl (C=O) groups is 3. The SMILES string of the molecule is CCNC(=O)Nc1cc2c(-c3ccncc3)ccc(CNC(=O)OCC(N)=O)c2cn1. The van der Waals surface area contributed by atoms with E-state index in [1.165, 1.54) is 0 Å². The smallest absolute Gasteiger partial charge is 0.407 e. The van der Waals surface area contributed by atoms with Crippen molar-refractivity contribution < 1.29 is 19.1 Å². The van der Waals surface area contributed by atoms with Gasteiger partial charge in [0.15, 0.2) is 6.61 Å². The zero-order valence-corrected chi connectivity index (χ0v) is 16.8. The molecule has 3 rings (SSSR count).